The van der Waals surface area contributed by atoms with Crippen molar-refractivity contribution in [3.05, 3.63) is 35.4 Å². The molecule has 1 aromatic rings. The topological polar surface area (TPSA) is 58.2 Å². The molecule has 1 aliphatic heterocycles. The third-order valence-electron chi connectivity index (χ3n) is 3.65. The number of hydrogen-bond donors (Lipinski definition) is 2. The van der Waals surface area contributed by atoms with Gasteiger partial charge in [-0.1, -0.05) is 25.1 Å². The largest absolute Gasteiger partial charge is 0.349 e. The van der Waals surface area contributed by atoms with Gasteiger partial charge in [0.25, 0.3) is 5.91 Å². The van der Waals surface area contributed by atoms with E-state index in [1.807, 2.05) is 0 Å². The fourth-order valence-electron chi connectivity index (χ4n) is 2.46. The maximum Gasteiger partial charge on any atom is 0.252 e. The zero-order valence-corrected chi connectivity index (χ0v) is 12.6. The van der Waals surface area contributed by atoms with Gasteiger partial charge in [-0.25, -0.2) is 0 Å². The van der Waals surface area contributed by atoms with Gasteiger partial charge in [0.05, 0.1) is 5.56 Å². The van der Waals surface area contributed by atoms with Crippen molar-refractivity contribution >= 4 is 24.1 Å². The van der Waals surface area contributed by atoms with E-state index >= 15 is 0 Å². The maximum atomic E-state index is 12.3. The van der Waals surface area contributed by atoms with Crippen molar-refractivity contribution in [3.63, 3.8) is 0 Å². The molecule has 1 saturated heterocycles. The Labute approximate surface area is 125 Å². The highest BCUT2D eigenvalue weighted by Gasteiger charge is 2.24. The van der Waals surface area contributed by atoms with Crippen LogP contribution >= 0.6 is 12.4 Å². The number of carbonyl (C=O) groups is 2. The van der Waals surface area contributed by atoms with E-state index in [2.05, 4.69) is 17.6 Å². The molecule has 5 heteroatoms. The van der Waals surface area contributed by atoms with Crippen molar-refractivity contribution < 1.29 is 9.59 Å². The highest BCUT2D eigenvalue weighted by molar-refractivity contribution is 6.07. The quantitative estimate of drug-likeness (QED) is 0.839. The lowest BCUT2D eigenvalue weighted by atomic mass is 9.94. The van der Waals surface area contributed by atoms with Crippen LogP contribution in [0, 0.1) is 5.92 Å². The molecule has 110 valence electrons. The van der Waals surface area contributed by atoms with E-state index in [1.54, 1.807) is 24.3 Å². The van der Waals surface area contributed by atoms with Gasteiger partial charge in [0.2, 0.25) is 0 Å². The van der Waals surface area contributed by atoms with Gasteiger partial charge in [-0.15, -0.1) is 12.4 Å². The van der Waals surface area contributed by atoms with Gasteiger partial charge >= 0.3 is 0 Å². The summed E-state index contributed by atoms with van der Waals surface area (Å²) >= 11 is 0. The summed E-state index contributed by atoms with van der Waals surface area (Å²) in [4.78, 5) is 23.8. The van der Waals surface area contributed by atoms with Crippen molar-refractivity contribution in [2.45, 2.75) is 26.3 Å². The van der Waals surface area contributed by atoms with Crippen LogP contribution in [-0.2, 0) is 0 Å². The third-order valence-corrected chi connectivity index (χ3v) is 3.65. The molecule has 2 atom stereocenters. The number of nitrogens with one attached hydrogen (secondary N) is 2. The molecule has 1 aliphatic rings. The standard InChI is InChI=1S/C15H20N2O2.ClH/c1-10-9-16-8-7-14(10)17-15(19)13-6-4-3-5-12(13)11(2)18;/h3-6,10,14,16H,7-9H2,1-2H3,(H,17,19);1H. The van der Waals surface area contributed by atoms with Gasteiger partial charge < -0.3 is 10.6 Å². The van der Waals surface area contributed by atoms with Crippen LogP contribution in [0.5, 0.6) is 0 Å². The fraction of sp³-hybridized carbons (Fsp3) is 0.467. The molecule has 0 radical (unpaired) electrons. The van der Waals surface area contributed by atoms with Crippen molar-refractivity contribution in [2.75, 3.05) is 13.1 Å². The summed E-state index contributed by atoms with van der Waals surface area (Å²) < 4.78 is 0. The molecule has 0 saturated carbocycles. The summed E-state index contributed by atoms with van der Waals surface area (Å²) in [6.45, 7) is 5.44. The fourth-order valence-corrected chi connectivity index (χ4v) is 2.46. The van der Waals surface area contributed by atoms with Crippen LogP contribution < -0.4 is 10.6 Å². The highest BCUT2D eigenvalue weighted by Crippen LogP contribution is 2.14. The van der Waals surface area contributed by atoms with E-state index in [0.717, 1.165) is 19.5 Å². The van der Waals surface area contributed by atoms with Gasteiger partial charge in [0.15, 0.2) is 5.78 Å². The lowest BCUT2D eigenvalue weighted by molar-refractivity contribution is 0.0904. The van der Waals surface area contributed by atoms with E-state index < -0.39 is 0 Å². The zero-order valence-electron chi connectivity index (χ0n) is 11.8. The molecule has 1 amide bonds. The Bertz CT molecular complexity index is 491. The molecule has 1 heterocycles. The Balaban J connectivity index is 0.00000200. The average molecular weight is 297 g/mol. The van der Waals surface area contributed by atoms with Crippen LogP contribution in [0.15, 0.2) is 24.3 Å². The van der Waals surface area contributed by atoms with Crippen molar-refractivity contribution in [3.8, 4) is 0 Å². The second kappa shape index (κ2) is 7.41. The lowest BCUT2D eigenvalue weighted by Gasteiger charge is -2.30. The molecule has 20 heavy (non-hydrogen) atoms. The molecule has 0 aromatic heterocycles. The summed E-state index contributed by atoms with van der Waals surface area (Å²) in [7, 11) is 0. The zero-order chi connectivity index (χ0) is 13.8. The summed E-state index contributed by atoms with van der Waals surface area (Å²) in [5.41, 5.74) is 0.960. The summed E-state index contributed by atoms with van der Waals surface area (Å²) in [6.07, 6.45) is 0.926. The molecule has 0 aliphatic carbocycles. The number of hydrogen-bond acceptors (Lipinski definition) is 3. The van der Waals surface area contributed by atoms with Crippen LogP contribution in [0.2, 0.25) is 0 Å². The maximum absolute atomic E-state index is 12.3. The predicted molar refractivity (Wildman–Crippen MR) is 81.6 cm³/mol. The average Bonchev–Trinajstić information content (AvgIpc) is 2.41. The summed E-state index contributed by atoms with van der Waals surface area (Å²) in [5, 5.41) is 6.35. The Morgan fingerprint density at radius 2 is 1.90 bits per heavy atom. The van der Waals surface area contributed by atoms with E-state index in [4.69, 9.17) is 0 Å². The molecule has 2 unspecified atom stereocenters. The smallest absolute Gasteiger partial charge is 0.252 e. The molecular formula is C15H21ClN2O2. The van der Waals surface area contributed by atoms with Crippen molar-refractivity contribution in [1.82, 2.24) is 10.6 Å². The number of halogens is 1. The first-order valence-electron chi connectivity index (χ1n) is 6.71. The molecular weight excluding hydrogens is 276 g/mol. The minimum Gasteiger partial charge on any atom is -0.349 e. The van der Waals surface area contributed by atoms with E-state index in [9.17, 15) is 9.59 Å². The first-order valence-corrected chi connectivity index (χ1v) is 6.71. The van der Waals surface area contributed by atoms with Crippen LogP contribution in [0.1, 0.15) is 41.0 Å². The third kappa shape index (κ3) is 3.81. The number of amides is 1. The molecule has 0 spiro atoms. The number of carbonyl (C=O) groups excluding carboxylic acids is 2. The Kier molecular flexibility index (Phi) is 6.17. The van der Waals surface area contributed by atoms with Crippen LogP contribution in [0.25, 0.3) is 0 Å². The monoisotopic (exact) mass is 296 g/mol. The number of ketones is 1. The highest BCUT2D eigenvalue weighted by atomic mass is 35.5. The first-order chi connectivity index (χ1) is 9.09. The number of benzene rings is 1. The van der Waals surface area contributed by atoms with E-state index in [1.165, 1.54) is 6.92 Å². The van der Waals surface area contributed by atoms with Crippen LogP contribution in [0.4, 0.5) is 0 Å². The summed E-state index contributed by atoms with van der Waals surface area (Å²) in [5.74, 6) is 0.177. The van der Waals surface area contributed by atoms with Crippen LogP contribution in [0.3, 0.4) is 0 Å². The van der Waals surface area contributed by atoms with Gasteiger partial charge in [-0.3, -0.25) is 9.59 Å². The van der Waals surface area contributed by atoms with Gasteiger partial charge in [-0.2, -0.15) is 0 Å². The van der Waals surface area contributed by atoms with Crippen molar-refractivity contribution in [1.29, 1.82) is 0 Å². The Morgan fingerprint density at radius 1 is 1.25 bits per heavy atom. The number of piperidine rings is 1. The predicted octanol–water partition coefficient (Wildman–Crippen LogP) is 2.04. The minimum absolute atomic E-state index is 0. The Hall–Kier alpha value is -1.39. The normalized spacial score (nSPS) is 21.7. The van der Waals surface area contributed by atoms with Crippen LogP contribution in [-0.4, -0.2) is 30.8 Å². The second-order valence-electron chi connectivity index (χ2n) is 5.15. The molecule has 4 nitrogen and oxygen atoms in total. The van der Waals surface area contributed by atoms with Gasteiger partial charge in [0.1, 0.15) is 0 Å². The van der Waals surface area contributed by atoms with E-state index in [-0.39, 0.29) is 30.1 Å². The summed E-state index contributed by atoms with van der Waals surface area (Å²) in [6, 6.07) is 7.14. The SMILES string of the molecule is CC(=O)c1ccccc1C(=O)NC1CCNCC1C.Cl. The molecule has 2 N–H and O–H groups in total. The van der Waals surface area contributed by atoms with E-state index in [0.29, 0.717) is 17.0 Å². The van der Waals surface area contributed by atoms with Gasteiger partial charge in [0, 0.05) is 11.6 Å². The molecule has 1 fully saturated rings. The molecule has 2 rings (SSSR count). The molecule has 0 bridgehead atoms. The first kappa shape index (κ1) is 16.7. The second-order valence-corrected chi connectivity index (χ2v) is 5.15. The number of Topliss-reactive ketones (excluding diaryl/α,β-unsaturated/α-hetero) is 1. The van der Waals surface area contributed by atoms with Crippen molar-refractivity contribution in [2.24, 2.45) is 5.92 Å². The number of rotatable bonds is 3. The Morgan fingerprint density at radius 3 is 2.50 bits per heavy atom. The lowest BCUT2D eigenvalue weighted by Crippen LogP contribution is -2.48. The van der Waals surface area contributed by atoms with Gasteiger partial charge in [-0.05, 0) is 38.4 Å². The minimum atomic E-state index is -0.149. The molecule has 1 aromatic carbocycles.